The van der Waals surface area contributed by atoms with Crippen molar-refractivity contribution >= 4 is 57.3 Å². The first-order valence-electron chi connectivity index (χ1n) is 15.0. The van der Waals surface area contributed by atoms with Crippen LogP contribution in [-0.2, 0) is 5.41 Å². The van der Waals surface area contributed by atoms with Gasteiger partial charge in [0.2, 0.25) is 0 Å². The van der Waals surface area contributed by atoms with Crippen molar-refractivity contribution in [3.63, 3.8) is 0 Å². The maximum Gasteiger partial charge on any atom is 0.112 e. The normalized spacial score (nSPS) is 13.8. The van der Waals surface area contributed by atoms with E-state index in [0.717, 1.165) is 6.67 Å². The summed E-state index contributed by atoms with van der Waals surface area (Å²) >= 11 is 0. The molecule has 0 saturated carbocycles. The van der Waals surface area contributed by atoms with Crippen LogP contribution in [0.15, 0.2) is 115 Å². The van der Waals surface area contributed by atoms with E-state index in [1.807, 2.05) is 0 Å². The third-order valence-corrected chi connectivity index (χ3v) is 12.7. The minimum atomic E-state index is -2.10. The van der Waals surface area contributed by atoms with E-state index in [-0.39, 0.29) is 5.41 Å². The van der Waals surface area contributed by atoms with Crippen LogP contribution in [0.25, 0.3) is 27.5 Å². The second-order valence-corrected chi connectivity index (χ2v) is 17.7. The van der Waals surface area contributed by atoms with Crippen LogP contribution in [0.4, 0.5) is 17.1 Å². The molecule has 0 N–H and O–H groups in total. The Balaban J connectivity index is 1.41. The third-order valence-electron chi connectivity index (χ3n) is 9.16. The van der Waals surface area contributed by atoms with Crippen LogP contribution in [0.1, 0.15) is 26.3 Å². The van der Waals surface area contributed by atoms with Crippen molar-refractivity contribution in [2.45, 2.75) is 39.3 Å². The van der Waals surface area contributed by atoms with Crippen molar-refractivity contribution < 1.29 is 0 Å². The Morgan fingerprint density at radius 2 is 1.26 bits per heavy atom. The molecule has 7 rings (SSSR count). The Bertz CT molecular complexity index is 1950. The van der Waals surface area contributed by atoms with Crippen molar-refractivity contribution in [1.82, 2.24) is 4.57 Å². The van der Waals surface area contributed by atoms with E-state index in [4.69, 9.17) is 0 Å². The van der Waals surface area contributed by atoms with E-state index >= 15 is 0 Å². The van der Waals surface area contributed by atoms with Crippen molar-refractivity contribution in [3.8, 4) is 5.69 Å². The van der Waals surface area contributed by atoms with Crippen LogP contribution >= 0.6 is 0 Å². The van der Waals surface area contributed by atoms with Crippen molar-refractivity contribution in [3.05, 3.63) is 121 Å². The second-order valence-electron chi connectivity index (χ2n) is 13.3. The van der Waals surface area contributed by atoms with E-state index in [1.165, 1.54) is 60.5 Å². The van der Waals surface area contributed by atoms with E-state index in [0.29, 0.717) is 0 Å². The summed E-state index contributed by atoms with van der Waals surface area (Å²) in [6, 6.07) is 43.0. The van der Waals surface area contributed by atoms with Gasteiger partial charge in [0.05, 0.1) is 29.1 Å². The number of benzene rings is 5. The van der Waals surface area contributed by atoms with Crippen molar-refractivity contribution in [2.75, 3.05) is 23.5 Å². The number of hydrogen-bond acceptors (Lipinski definition) is 2. The maximum atomic E-state index is 2.51. The zero-order valence-corrected chi connectivity index (χ0v) is 26.5. The molecule has 1 aliphatic rings. The SMILES string of the molecule is CN1CN(c2cc(C(C)(C)C)cc([Si](C)(C)c3ccc4c5ccccc5n(-c5ccccc5)c4c3)c2)c2ccccc21. The molecule has 0 spiro atoms. The molecule has 5 aromatic carbocycles. The molecule has 1 aliphatic heterocycles. The highest BCUT2D eigenvalue weighted by molar-refractivity contribution is 7.00. The van der Waals surface area contributed by atoms with Crippen LogP contribution in [-0.4, -0.2) is 26.4 Å². The fraction of sp³-hybridized carbons (Fsp3) is 0.211. The highest BCUT2D eigenvalue weighted by Gasteiger charge is 2.32. The molecular formula is C38H39N3Si. The average Bonchev–Trinajstić information content (AvgIpc) is 3.51. The van der Waals surface area contributed by atoms with E-state index in [2.05, 4.69) is 171 Å². The second kappa shape index (κ2) is 9.64. The lowest BCUT2D eigenvalue weighted by molar-refractivity contribution is 0.590. The monoisotopic (exact) mass is 565 g/mol. The molecule has 6 aromatic rings. The van der Waals surface area contributed by atoms with Gasteiger partial charge in [-0.25, -0.2) is 0 Å². The van der Waals surface area contributed by atoms with Gasteiger partial charge in [0.1, 0.15) is 8.07 Å². The highest BCUT2D eigenvalue weighted by atomic mass is 28.3. The molecule has 0 aliphatic carbocycles. The Morgan fingerprint density at radius 3 is 2.02 bits per heavy atom. The van der Waals surface area contributed by atoms with Crippen molar-refractivity contribution in [2.24, 2.45) is 0 Å². The Labute approximate surface area is 250 Å². The van der Waals surface area contributed by atoms with Gasteiger partial charge in [0.25, 0.3) is 0 Å². The van der Waals surface area contributed by atoms with Crippen LogP contribution in [0, 0.1) is 0 Å². The first-order chi connectivity index (χ1) is 20.1. The Morgan fingerprint density at radius 1 is 0.595 bits per heavy atom. The third kappa shape index (κ3) is 4.24. The molecule has 3 nitrogen and oxygen atoms in total. The number of para-hydroxylation sites is 4. The number of hydrogen-bond donors (Lipinski definition) is 0. The molecule has 0 radical (unpaired) electrons. The van der Waals surface area contributed by atoms with Gasteiger partial charge in [0, 0.05) is 29.2 Å². The molecule has 0 fully saturated rings. The Kier molecular flexibility index (Phi) is 6.10. The van der Waals surface area contributed by atoms with Gasteiger partial charge in [-0.05, 0) is 59.5 Å². The minimum Gasteiger partial charge on any atom is -0.355 e. The van der Waals surface area contributed by atoms with Gasteiger partial charge in [-0.3, -0.25) is 0 Å². The molecular weight excluding hydrogens is 527 g/mol. The zero-order valence-electron chi connectivity index (χ0n) is 25.5. The summed E-state index contributed by atoms with van der Waals surface area (Å²) in [5.74, 6) is 0. The van der Waals surface area contributed by atoms with E-state index in [9.17, 15) is 0 Å². The van der Waals surface area contributed by atoms with Gasteiger partial charge < -0.3 is 14.4 Å². The Hall–Kier alpha value is -4.28. The smallest absolute Gasteiger partial charge is 0.112 e. The molecule has 2 heterocycles. The number of anilines is 3. The molecule has 210 valence electrons. The molecule has 0 saturated heterocycles. The predicted octanol–water partition coefficient (Wildman–Crippen LogP) is 8.45. The van der Waals surface area contributed by atoms with Crippen LogP contribution in [0.2, 0.25) is 13.1 Å². The molecule has 4 heteroatoms. The summed E-state index contributed by atoms with van der Waals surface area (Å²) < 4.78 is 2.44. The standard InChI is InChI=1S/C38H39N3Si/c1-38(2,3)27-22-29(40-26-39(4)35-18-12-13-19-36(35)40)24-31(23-27)42(5,6)30-20-21-33-32-16-10-11-17-34(32)41(37(33)25-30)28-14-8-7-9-15-28/h7-25H,26H2,1-6H3. The van der Waals surface area contributed by atoms with Crippen LogP contribution in [0.3, 0.4) is 0 Å². The first-order valence-corrected chi connectivity index (χ1v) is 18.0. The number of nitrogens with zero attached hydrogens (tertiary/aromatic N) is 3. The predicted molar refractivity (Wildman–Crippen MR) is 185 cm³/mol. The topological polar surface area (TPSA) is 11.4 Å². The summed E-state index contributed by atoms with van der Waals surface area (Å²) in [4.78, 5) is 4.83. The van der Waals surface area contributed by atoms with Crippen molar-refractivity contribution in [1.29, 1.82) is 0 Å². The number of fused-ring (bicyclic) bond motifs is 4. The minimum absolute atomic E-state index is 0.0457. The lowest BCUT2D eigenvalue weighted by Gasteiger charge is -2.30. The van der Waals surface area contributed by atoms with Gasteiger partial charge in [-0.1, -0.05) is 111 Å². The zero-order chi connectivity index (χ0) is 29.2. The quantitative estimate of drug-likeness (QED) is 0.199. The lowest BCUT2D eigenvalue weighted by Crippen LogP contribution is -2.53. The summed E-state index contributed by atoms with van der Waals surface area (Å²) in [6.07, 6.45) is 0. The molecule has 0 bridgehead atoms. The average molecular weight is 566 g/mol. The number of rotatable bonds is 4. The fourth-order valence-corrected chi connectivity index (χ4v) is 8.90. The molecule has 1 aromatic heterocycles. The fourth-order valence-electron chi connectivity index (χ4n) is 6.54. The lowest BCUT2D eigenvalue weighted by atomic mass is 9.87. The van der Waals surface area contributed by atoms with Gasteiger partial charge in [-0.2, -0.15) is 0 Å². The molecule has 0 atom stereocenters. The molecule has 0 unspecified atom stereocenters. The summed E-state index contributed by atoms with van der Waals surface area (Å²) in [5.41, 5.74) is 9.03. The van der Waals surface area contributed by atoms with Crippen LogP contribution in [0.5, 0.6) is 0 Å². The summed E-state index contributed by atoms with van der Waals surface area (Å²) in [5, 5.41) is 5.53. The van der Waals surface area contributed by atoms with E-state index < -0.39 is 8.07 Å². The largest absolute Gasteiger partial charge is 0.355 e. The molecule has 0 amide bonds. The first kappa shape index (κ1) is 26.6. The number of aromatic nitrogens is 1. The highest BCUT2D eigenvalue weighted by Crippen LogP contribution is 2.40. The van der Waals surface area contributed by atoms with E-state index in [1.54, 1.807) is 0 Å². The van der Waals surface area contributed by atoms with Gasteiger partial charge >= 0.3 is 0 Å². The maximum absolute atomic E-state index is 2.51. The van der Waals surface area contributed by atoms with Gasteiger partial charge in [-0.15, -0.1) is 0 Å². The molecule has 42 heavy (non-hydrogen) atoms. The van der Waals surface area contributed by atoms with Crippen LogP contribution < -0.4 is 20.2 Å². The summed E-state index contributed by atoms with van der Waals surface area (Å²) in [6.45, 7) is 12.9. The summed E-state index contributed by atoms with van der Waals surface area (Å²) in [7, 11) is 0.0873. The van der Waals surface area contributed by atoms with Gasteiger partial charge in [0.15, 0.2) is 0 Å².